The van der Waals surface area contributed by atoms with Crippen LogP contribution in [-0.4, -0.2) is 137 Å². The van der Waals surface area contributed by atoms with Crippen molar-refractivity contribution in [1.82, 2.24) is 26.2 Å². The second-order valence-corrected chi connectivity index (χ2v) is 22.4. The molecule has 0 aliphatic rings. The van der Waals surface area contributed by atoms with Crippen molar-refractivity contribution in [3.8, 4) is 44.5 Å². The van der Waals surface area contributed by atoms with Gasteiger partial charge in [-0.15, -0.1) is 0 Å². The van der Waals surface area contributed by atoms with Crippen molar-refractivity contribution in [2.24, 2.45) is 0 Å². The molecular weight excluding hydrogens is 1360 g/mol. The monoisotopic (exact) mass is 1490 g/mol. The van der Waals surface area contributed by atoms with E-state index in [-0.39, 0.29) is 23.3 Å². The van der Waals surface area contributed by atoms with Gasteiger partial charge in [0.25, 0.3) is 5.97 Å². The molecule has 0 spiro atoms. The molecule has 0 fully saturated rings. The maximum atomic E-state index is 10.3. The van der Waals surface area contributed by atoms with E-state index in [2.05, 4.69) is 262 Å². The van der Waals surface area contributed by atoms with Crippen molar-refractivity contribution in [2.45, 2.75) is 111 Å². The SMILES string of the molecule is CC(=O)O.CC(C)=O.CC(C)=O.CC(C)=O.CC=O.CC=O.CCN(C)C(C)=O.CCNC.CCNC.CCNC.CCNC.Cc1ccccc1.OB(O)c1ccccc1.c1ccc(-c2ccccc2)cc1.c1ccc(-c2ccccc2)cc1.c1ccc(-c2ccccc2)cc1.c1ccc(-c2ccccc2)cc1. The van der Waals surface area contributed by atoms with Crippen LogP contribution in [-0.2, 0) is 33.6 Å². The van der Waals surface area contributed by atoms with E-state index in [1.165, 1.54) is 105 Å². The third-order valence-electron chi connectivity index (χ3n) is 12.0. The Balaban J connectivity index is -0.000000208. The Hall–Kier alpha value is -10.7. The van der Waals surface area contributed by atoms with Crippen molar-refractivity contribution in [2.75, 3.05) is 68.0 Å². The zero-order chi connectivity index (χ0) is 83.9. The number of carbonyl (C=O) groups is 7. The van der Waals surface area contributed by atoms with Crippen LogP contribution in [0.1, 0.15) is 109 Å². The fraction of sp³-hybridized carbons (Fsp3) is 0.280. The van der Waals surface area contributed by atoms with E-state index in [9.17, 15) is 19.2 Å². The summed E-state index contributed by atoms with van der Waals surface area (Å²) in [6.07, 6.45) is 1.50. The van der Waals surface area contributed by atoms with Gasteiger partial charge in [-0.3, -0.25) is 9.59 Å². The first-order valence-electron chi connectivity index (χ1n) is 36.2. The summed E-state index contributed by atoms with van der Waals surface area (Å²) < 4.78 is 0. The summed E-state index contributed by atoms with van der Waals surface area (Å²) >= 11 is 0. The molecule has 0 aliphatic carbocycles. The lowest BCUT2D eigenvalue weighted by atomic mass is 9.81. The van der Waals surface area contributed by atoms with Crippen LogP contribution in [0, 0.1) is 6.92 Å². The van der Waals surface area contributed by atoms with E-state index < -0.39 is 13.1 Å². The molecule has 0 bridgehead atoms. The highest BCUT2D eigenvalue weighted by atomic mass is 16.4. The summed E-state index contributed by atoms with van der Waals surface area (Å²) in [5.41, 5.74) is 12.1. The third-order valence-corrected chi connectivity index (χ3v) is 12.0. The van der Waals surface area contributed by atoms with Crippen LogP contribution in [0.5, 0.6) is 0 Å². The quantitative estimate of drug-likeness (QED) is 0.0499. The van der Waals surface area contributed by atoms with Crippen LogP contribution < -0.4 is 26.7 Å². The number of aryl methyl sites for hydroxylation is 1. The van der Waals surface area contributed by atoms with Crippen molar-refractivity contribution in [3.63, 3.8) is 0 Å². The highest BCUT2D eigenvalue weighted by molar-refractivity contribution is 6.58. The van der Waals surface area contributed by atoms with Crippen LogP contribution in [0.15, 0.2) is 303 Å². The minimum atomic E-state index is -1.34. The minimum absolute atomic E-state index is 0.127. The fourth-order valence-electron chi connectivity index (χ4n) is 6.43. The molecule has 109 heavy (non-hydrogen) atoms. The molecule has 0 atom stereocenters. The molecule has 0 saturated carbocycles. The van der Waals surface area contributed by atoms with Gasteiger partial charge in [0.05, 0.1) is 0 Å². The Kier molecular flexibility index (Phi) is 90.1. The Morgan fingerprint density at radius 2 is 0.440 bits per heavy atom. The number of nitrogens with zero attached hydrogens (tertiary/aromatic N) is 1. The minimum Gasteiger partial charge on any atom is -0.481 e. The first-order valence-corrected chi connectivity index (χ1v) is 36.2. The highest BCUT2D eigenvalue weighted by Crippen LogP contribution is 2.20. The molecular formula is C93H132BN5O10. The van der Waals surface area contributed by atoms with Crippen LogP contribution in [0.25, 0.3) is 44.5 Å². The molecule has 10 rings (SSSR count). The molecule has 0 saturated heterocycles. The van der Waals surface area contributed by atoms with Crippen LogP contribution >= 0.6 is 0 Å². The van der Waals surface area contributed by atoms with Gasteiger partial charge in [-0.2, -0.15) is 0 Å². The first kappa shape index (κ1) is 112. The van der Waals surface area contributed by atoms with Gasteiger partial charge in [-0.1, -0.05) is 337 Å². The third kappa shape index (κ3) is 89.6. The number of carboxylic acid groups (broad SMARTS) is 1. The second-order valence-electron chi connectivity index (χ2n) is 22.4. The second kappa shape index (κ2) is 87.9. The van der Waals surface area contributed by atoms with Crippen molar-refractivity contribution >= 4 is 54.4 Å². The highest BCUT2D eigenvalue weighted by Gasteiger charge is 2.07. The molecule has 0 heterocycles. The normalized spacial score (nSPS) is 8.39. The van der Waals surface area contributed by atoms with Gasteiger partial charge in [0.1, 0.15) is 29.9 Å². The number of aldehydes is 2. The Morgan fingerprint density at radius 1 is 0.321 bits per heavy atom. The Bertz CT molecular complexity index is 3000. The standard InChI is InChI=1S/4C12H10.C7H8.C6H7BO2.C5H11NO.4C3H9N.3C3H6O.C2H4O2.2C2H4O/c4*1-3-7-11(8-4-1)12-9-5-2-6-10-12;1-7-5-3-2-4-6-7;8-7(9)6-4-2-1-3-5-6;1-4-6(3)5(2)7;4*1-3-4-2;3*1-3(2)4;1-2(3)4;2*1-2-3/h4*1-10H;2-6H,1H3;1-5,8-9H;4H2,1-3H3;4*4H,3H2,1-2H3;3*1-2H3;1H3,(H,3,4);2*2H,1H3. The first-order chi connectivity index (χ1) is 52.2. The van der Waals surface area contributed by atoms with E-state index in [1.54, 1.807) is 43.1 Å². The number of Topliss-reactive ketones (excluding diaryl/α,β-unsaturated/α-hetero) is 3. The maximum Gasteiger partial charge on any atom is 0.488 e. The molecule has 7 N–H and O–H groups in total. The number of aliphatic carboxylic acids is 1. The van der Waals surface area contributed by atoms with Crippen LogP contribution in [0.3, 0.4) is 0 Å². The number of amides is 1. The summed E-state index contributed by atoms with van der Waals surface area (Å²) in [4.78, 5) is 66.9. The number of hydrogen-bond acceptors (Lipinski definition) is 13. The predicted octanol–water partition coefficient (Wildman–Crippen LogP) is 18.5. The Labute approximate surface area is 657 Å². The van der Waals surface area contributed by atoms with E-state index in [0.29, 0.717) is 5.46 Å². The largest absolute Gasteiger partial charge is 0.488 e. The number of nitrogens with one attached hydrogen (secondary N) is 4. The summed E-state index contributed by atoms with van der Waals surface area (Å²) in [6.45, 7) is 32.1. The lowest BCUT2D eigenvalue weighted by Crippen LogP contribution is -2.29. The van der Waals surface area contributed by atoms with Gasteiger partial charge in [-0.05, 0) is 174 Å². The number of rotatable bonds is 10. The van der Waals surface area contributed by atoms with Gasteiger partial charge in [0.15, 0.2) is 0 Å². The summed E-state index contributed by atoms with van der Waals surface area (Å²) in [5.74, 6) is -0.206. The van der Waals surface area contributed by atoms with E-state index >= 15 is 0 Å². The van der Waals surface area contributed by atoms with Gasteiger partial charge in [0.2, 0.25) is 5.91 Å². The van der Waals surface area contributed by atoms with Crippen LogP contribution in [0.2, 0.25) is 0 Å². The predicted molar refractivity (Wildman–Crippen MR) is 468 cm³/mol. The molecule has 0 aromatic heterocycles. The molecule has 1 amide bonds. The summed E-state index contributed by atoms with van der Waals surface area (Å²) in [6, 6.07) is 102. The lowest BCUT2D eigenvalue weighted by molar-refractivity contribution is -0.134. The zero-order valence-electron chi connectivity index (χ0n) is 69.3. The number of benzene rings is 10. The van der Waals surface area contributed by atoms with Crippen molar-refractivity contribution in [3.05, 3.63) is 309 Å². The average Bonchev–Trinajstić information content (AvgIpc) is 0.910. The van der Waals surface area contributed by atoms with Gasteiger partial charge >= 0.3 is 7.12 Å². The summed E-state index contributed by atoms with van der Waals surface area (Å²) in [7, 11) is 8.16. The number of carbonyl (C=O) groups excluding carboxylic acids is 6. The maximum absolute atomic E-state index is 10.3. The Morgan fingerprint density at radius 3 is 0.505 bits per heavy atom. The van der Waals surface area contributed by atoms with Gasteiger partial charge in [-0.25, -0.2) is 0 Å². The molecule has 15 nitrogen and oxygen atoms in total. The lowest BCUT2D eigenvalue weighted by Gasteiger charge is -2.09. The molecule has 0 radical (unpaired) electrons. The van der Waals surface area contributed by atoms with Crippen molar-refractivity contribution < 1.29 is 48.7 Å². The number of hydrogen-bond donors (Lipinski definition) is 7. The number of carboxylic acids is 1. The molecule has 592 valence electrons. The molecule has 0 aliphatic heterocycles. The van der Waals surface area contributed by atoms with E-state index in [4.69, 9.17) is 29.5 Å². The molecule has 0 unspecified atom stereocenters. The van der Waals surface area contributed by atoms with Gasteiger partial charge < -0.3 is 65.3 Å². The fourth-order valence-corrected chi connectivity index (χ4v) is 6.43. The number of ketones is 3. The topological polar surface area (TPSA) is 232 Å². The van der Waals surface area contributed by atoms with Gasteiger partial charge in [0, 0.05) is 27.4 Å². The van der Waals surface area contributed by atoms with E-state index in [0.717, 1.165) is 52.2 Å². The molecule has 10 aromatic rings. The van der Waals surface area contributed by atoms with Crippen LogP contribution in [0.4, 0.5) is 0 Å². The average molecular weight is 1490 g/mol. The smallest absolute Gasteiger partial charge is 0.481 e. The molecule has 16 heteroatoms. The zero-order valence-corrected chi connectivity index (χ0v) is 69.3. The van der Waals surface area contributed by atoms with E-state index in [1.807, 2.05) is 108 Å². The van der Waals surface area contributed by atoms with Crippen molar-refractivity contribution in [1.29, 1.82) is 0 Å². The molecule has 10 aromatic carbocycles. The summed E-state index contributed by atoms with van der Waals surface area (Å²) in [5, 5.41) is 36.3.